The van der Waals surface area contributed by atoms with Crippen molar-refractivity contribution in [3.8, 4) is 5.69 Å². The van der Waals surface area contributed by atoms with Crippen molar-refractivity contribution in [1.29, 1.82) is 0 Å². The molecule has 2 atom stereocenters. The van der Waals surface area contributed by atoms with Crippen LogP contribution in [0.2, 0.25) is 0 Å². The van der Waals surface area contributed by atoms with Crippen molar-refractivity contribution in [1.82, 2.24) is 20.0 Å². The van der Waals surface area contributed by atoms with E-state index in [4.69, 9.17) is 0 Å². The van der Waals surface area contributed by atoms with Gasteiger partial charge in [-0.3, -0.25) is 19.5 Å². The van der Waals surface area contributed by atoms with Crippen molar-refractivity contribution in [3.63, 3.8) is 0 Å². The summed E-state index contributed by atoms with van der Waals surface area (Å²) in [5, 5.41) is 5.91. The molecule has 1 aromatic heterocycles. The maximum Gasteiger partial charge on any atom is 0.269 e. The zero-order valence-electron chi connectivity index (χ0n) is 14.5. The number of H-pyrrole nitrogens is 1. The van der Waals surface area contributed by atoms with Crippen LogP contribution in [0.3, 0.4) is 0 Å². The molecule has 1 amide bonds. The first-order valence-electron chi connectivity index (χ1n) is 9.08. The van der Waals surface area contributed by atoms with E-state index in [2.05, 4.69) is 10.4 Å². The van der Waals surface area contributed by atoms with E-state index in [9.17, 15) is 14.4 Å². The molecule has 0 spiro atoms. The first kappa shape index (κ1) is 16.8. The maximum absolute atomic E-state index is 13.1. The largest absolute Gasteiger partial charge is 0.335 e. The summed E-state index contributed by atoms with van der Waals surface area (Å²) in [5.41, 5.74) is 0.316. The number of hydrogen-bond donors (Lipinski definition) is 2. The second-order valence-electron chi connectivity index (χ2n) is 6.99. The number of hydrogen-bond acceptors (Lipinski definition) is 4. The number of likely N-dealkylation sites (tertiary alicyclic amines) is 1. The van der Waals surface area contributed by atoms with Crippen molar-refractivity contribution >= 4 is 5.91 Å². The Kier molecular flexibility index (Phi) is 4.46. The predicted octanol–water partition coefficient (Wildman–Crippen LogP) is 0.740. The van der Waals surface area contributed by atoms with Gasteiger partial charge in [-0.25, -0.2) is 4.68 Å². The van der Waals surface area contributed by atoms with Crippen molar-refractivity contribution in [2.45, 2.75) is 25.3 Å². The highest BCUT2D eigenvalue weighted by molar-refractivity contribution is 5.95. The monoisotopic (exact) mass is 354 g/mol. The summed E-state index contributed by atoms with van der Waals surface area (Å²) in [5.74, 6) is 0.507. The zero-order chi connectivity index (χ0) is 18.1. The molecule has 7 nitrogen and oxygen atoms in total. The second kappa shape index (κ2) is 6.92. The minimum Gasteiger partial charge on any atom is -0.335 e. The molecule has 0 saturated carbocycles. The van der Waals surface area contributed by atoms with Crippen molar-refractivity contribution in [2.75, 3.05) is 19.6 Å². The minimum absolute atomic E-state index is 0.00484. The third kappa shape index (κ3) is 3.10. The van der Waals surface area contributed by atoms with Crippen LogP contribution in [0.5, 0.6) is 0 Å². The van der Waals surface area contributed by atoms with Crippen LogP contribution in [0.1, 0.15) is 29.6 Å². The number of nitrogens with one attached hydrogen (secondary N) is 2. The van der Waals surface area contributed by atoms with Gasteiger partial charge >= 0.3 is 0 Å². The SMILES string of the molecule is O=C(c1cccc(-n2[nH]c(=O)ccc2=O)c1)N1CCCC2CNCCC21. The van der Waals surface area contributed by atoms with Gasteiger partial charge < -0.3 is 10.2 Å². The summed E-state index contributed by atoms with van der Waals surface area (Å²) in [7, 11) is 0. The van der Waals surface area contributed by atoms with Crippen LogP contribution in [0.4, 0.5) is 0 Å². The van der Waals surface area contributed by atoms with Gasteiger partial charge in [0.1, 0.15) is 0 Å². The lowest BCUT2D eigenvalue weighted by atomic mass is 9.84. The summed E-state index contributed by atoms with van der Waals surface area (Å²) in [4.78, 5) is 38.7. The maximum atomic E-state index is 13.1. The Morgan fingerprint density at radius 1 is 1.12 bits per heavy atom. The van der Waals surface area contributed by atoms with Gasteiger partial charge in [-0.15, -0.1) is 0 Å². The topological polar surface area (TPSA) is 87.2 Å². The molecular formula is C19H22N4O3. The highest BCUT2D eigenvalue weighted by atomic mass is 16.2. The quantitative estimate of drug-likeness (QED) is 0.833. The summed E-state index contributed by atoms with van der Waals surface area (Å²) < 4.78 is 1.17. The van der Waals surface area contributed by atoms with Crippen LogP contribution in [-0.4, -0.2) is 46.3 Å². The molecule has 1 aromatic carbocycles. The Morgan fingerprint density at radius 2 is 2.00 bits per heavy atom. The lowest BCUT2D eigenvalue weighted by Crippen LogP contribution is -2.54. The smallest absolute Gasteiger partial charge is 0.269 e. The molecule has 0 bridgehead atoms. The zero-order valence-corrected chi connectivity index (χ0v) is 14.5. The van der Waals surface area contributed by atoms with Gasteiger partial charge in [-0.1, -0.05) is 6.07 Å². The number of carbonyl (C=O) groups is 1. The fourth-order valence-electron chi connectivity index (χ4n) is 4.12. The number of aromatic nitrogens is 2. The number of amides is 1. The number of carbonyl (C=O) groups excluding carboxylic acids is 1. The number of piperidine rings is 2. The van der Waals surface area contributed by atoms with Crippen LogP contribution >= 0.6 is 0 Å². The van der Waals surface area contributed by atoms with E-state index in [-0.39, 0.29) is 23.1 Å². The molecule has 4 rings (SSSR count). The predicted molar refractivity (Wildman–Crippen MR) is 97.7 cm³/mol. The summed E-state index contributed by atoms with van der Waals surface area (Å²) in [6, 6.07) is 9.57. The number of rotatable bonds is 2. The number of nitrogens with zero attached hydrogens (tertiary/aromatic N) is 2. The van der Waals surface area contributed by atoms with Crippen LogP contribution in [0.15, 0.2) is 46.0 Å². The molecule has 7 heteroatoms. The van der Waals surface area contributed by atoms with Gasteiger partial charge in [-0.2, -0.15) is 0 Å². The fraction of sp³-hybridized carbons (Fsp3) is 0.421. The summed E-state index contributed by atoms with van der Waals surface area (Å²) in [6.45, 7) is 2.67. The lowest BCUT2D eigenvalue weighted by Gasteiger charge is -2.44. The molecule has 3 heterocycles. The van der Waals surface area contributed by atoms with Gasteiger partial charge in [0.2, 0.25) is 0 Å². The minimum atomic E-state index is -0.366. The Morgan fingerprint density at radius 3 is 2.88 bits per heavy atom. The normalized spacial score (nSPS) is 22.7. The highest BCUT2D eigenvalue weighted by Gasteiger charge is 2.36. The number of fused-ring (bicyclic) bond motifs is 1. The molecule has 2 aliphatic rings. The van der Waals surface area contributed by atoms with E-state index >= 15 is 0 Å². The van der Waals surface area contributed by atoms with Gasteiger partial charge in [0.25, 0.3) is 17.0 Å². The summed E-state index contributed by atoms with van der Waals surface area (Å²) in [6.07, 6.45) is 3.14. The molecule has 2 fully saturated rings. The van der Waals surface area contributed by atoms with Gasteiger partial charge in [0.05, 0.1) is 5.69 Å². The Bertz CT molecular complexity index is 931. The van der Waals surface area contributed by atoms with Gasteiger partial charge in [0, 0.05) is 30.3 Å². The van der Waals surface area contributed by atoms with Crippen molar-refractivity contribution in [3.05, 3.63) is 62.7 Å². The lowest BCUT2D eigenvalue weighted by molar-refractivity contribution is 0.0423. The van der Waals surface area contributed by atoms with Crippen LogP contribution in [0, 0.1) is 5.92 Å². The van der Waals surface area contributed by atoms with E-state index in [1.165, 1.54) is 16.8 Å². The molecule has 0 radical (unpaired) electrons. The second-order valence-corrected chi connectivity index (χ2v) is 6.99. The molecular weight excluding hydrogens is 332 g/mol. The fourth-order valence-corrected chi connectivity index (χ4v) is 4.12. The number of benzene rings is 1. The van der Waals surface area contributed by atoms with E-state index < -0.39 is 0 Å². The van der Waals surface area contributed by atoms with E-state index in [0.29, 0.717) is 17.2 Å². The standard InChI is InChI=1S/C19H22N4O3/c24-17-6-7-18(25)23(21-17)15-5-1-3-13(11-15)19(26)22-10-2-4-14-12-20-9-8-16(14)22/h1,3,5-7,11,14,16,20H,2,4,8-10,12H2,(H,21,24). The molecule has 2 N–H and O–H groups in total. The average Bonchev–Trinajstić information content (AvgIpc) is 2.69. The van der Waals surface area contributed by atoms with Crippen LogP contribution in [0.25, 0.3) is 5.69 Å². The Labute approximate surface area is 150 Å². The Balaban J connectivity index is 1.65. The van der Waals surface area contributed by atoms with Crippen LogP contribution in [-0.2, 0) is 0 Å². The molecule has 2 aromatic rings. The van der Waals surface area contributed by atoms with Crippen LogP contribution < -0.4 is 16.4 Å². The molecule has 2 saturated heterocycles. The first-order valence-corrected chi connectivity index (χ1v) is 9.08. The van der Waals surface area contributed by atoms with Crippen molar-refractivity contribution < 1.29 is 4.79 Å². The molecule has 2 unspecified atom stereocenters. The molecule has 2 aliphatic heterocycles. The third-order valence-electron chi connectivity index (χ3n) is 5.37. The van der Waals surface area contributed by atoms with Gasteiger partial charge in [-0.05, 0) is 56.5 Å². The van der Waals surface area contributed by atoms with Crippen molar-refractivity contribution in [2.24, 2.45) is 5.92 Å². The first-order chi connectivity index (χ1) is 12.6. The summed E-state index contributed by atoms with van der Waals surface area (Å²) >= 11 is 0. The third-order valence-corrected chi connectivity index (χ3v) is 5.37. The Hall–Kier alpha value is -2.67. The average molecular weight is 354 g/mol. The highest BCUT2D eigenvalue weighted by Crippen LogP contribution is 2.29. The van der Waals surface area contributed by atoms with E-state index in [1.54, 1.807) is 24.3 Å². The molecule has 0 aliphatic carbocycles. The van der Waals surface area contributed by atoms with E-state index in [0.717, 1.165) is 38.9 Å². The molecule has 136 valence electrons. The van der Waals surface area contributed by atoms with Gasteiger partial charge in [0.15, 0.2) is 0 Å². The number of aromatic amines is 1. The van der Waals surface area contributed by atoms with E-state index in [1.807, 2.05) is 4.90 Å². The molecule has 26 heavy (non-hydrogen) atoms.